The smallest absolute Gasteiger partial charge is 0.324 e. The summed E-state index contributed by atoms with van der Waals surface area (Å²) in [6.07, 6.45) is 0. The van der Waals surface area contributed by atoms with Crippen molar-refractivity contribution in [1.29, 1.82) is 0 Å². The number of thioether (sulfide) groups is 1. The summed E-state index contributed by atoms with van der Waals surface area (Å²) in [5.41, 5.74) is 3.18. The minimum Gasteiger partial charge on any atom is -0.411 e. The molecule has 1 fully saturated rings. The summed E-state index contributed by atoms with van der Waals surface area (Å²) in [6, 6.07) is 16.7. The zero-order valence-corrected chi connectivity index (χ0v) is 19.1. The molecule has 0 saturated carbocycles. The van der Waals surface area contributed by atoms with Gasteiger partial charge in [0.25, 0.3) is 5.22 Å². The van der Waals surface area contributed by atoms with Crippen LogP contribution in [0.5, 0.6) is 0 Å². The first-order chi connectivity index (χ1) is 16.0. The minimum atomic E-state index is -0.555. The van der Waals surface area contributed by atoms with Gasteiger partial charge in [0.15, 0.2) is 0 Å². The highest BCUT2D eigenvalue weighted by Gasteiger charge is 2.31. The number of fused-ring (bicyclic) bond motifs is 1. The number of nitrogens with zero attached hydrogens (tertiary/aromatic N) is 4. The Kier molecular flexibility index (Phi) is 5.74. The molecule has 0 bridgehead atoms. The maximum absolute atomic E-state index is 12.6. The van der Waals surface area contributed by atoms with Crippen molar-refractivity contribution in [2.45, 2.75) is 17.4 Å². The summed E-state index contributed by atoms with van der Waals surface area (Å²) in [4.78, 5) is 30.3. The Hall–Kier alpha value is -3.43. The van der Waals surface area contributed by atoms with E-state index < -0.39 is 5.25 Å². The predicted octanol–water partition coefficient (Wildman–Crippen LogP) is 4.64. The molecule has 33 heavy (non-hydrogen) atoms. The van der Waals surface area contributed by atoms with Crippen LogP contribution in [-0.4, -0.2) is 50.4 Å². The molecule has 0 radical (unpaired) electrons. The number of imide groups is 1. The van der Waals surface area contributed by atoms with Crippen molar-refractivity contribution in [3.8, 4) is 22.7 Å². The standard InChI is InChI=1S/C23H18ClN5O3S/c1-13(21(30)29-11-10-25-22(29)31)33-23-28-27-20(32-23)17-12-19(14-6-8-15(24)9-7-14)26-18-5-3-2-4-16(17)18/h2-9,12-13H,10-11H2,1H3,(H,25,31)/t13-/m1/s1. The quantitative estimate of drug-likeness (QED) is 0.416. The van der Waals surface area contributed by atoms with E-state index in [0.717, 1.165) is 39.5 Å². The molecule has 1 saturated heterocycles. The van der Waals surface area contributed by atoms with E-state index in [0.29, 0.717) is 24.0 Å². The van der Waals surface area contributed by atoms with Gasteiger partial charge in [-0.05, 0) is 31.2 Å². The second kappa shape index (κ2) is 8.84. The van der Waals surface area contributed by atoms with Crippen molar-refractivity contribution in [3.63, 3.8) is 0 Å². The van der Waals surface area contributed by atoms with Gasteiger partial charge < -0.3 is 9.73 Å². The van der Waals surface area contributed by atoms with Crippen LogP contribution in [0, 0.1) is 0 Å². The number of urea groups is 1. The molecule has 0 unspecified atom stereocenters. The molecule has 8 nitrogen and oxygen atoms in total. The fraction of sp³-hybridized carbons (Fsp3) is 0.174. The lowest BCUT2D eigenvalue weighted by Gasteiger charge is -2.15. The van der Waals surface area contributed by atoms with E-state index in [-0.39, 0.29) is 17.2 Å². The maximum Gasteiger partial charge on any atom is 0.324 e. The first-order valence-corrected chi connectivity index (χ1v) is 11.5. The fourth-order valence-corrected chi connectivity index (χ4v) is 4.46. The van der Waals surface area contributed by atoms with Gasteiger partial charge >= 0.3 is 6.03 Å². The van der Waals surface area contributed by atoms with Crippen LogP contribution in [0.4, 0.5) is 4.79 Å². The third kappa shape index (κ3) is 4.29. The van der Waals surface area contributed by atoms with Gasteiger partial charge in [0.05, 0.1) is 22.0 Å². The van der Waals surface area contributed by atoms with Gasteiger partial charge in [-0.25, -0.2) is 9.78 Å². The third-order valence-electron chi connectivity index (χ3n) is 5.24. The Morgan fingerprint density at radius 2 is 1.97 bits per heavy atom. The predicted molar refractivity (Wildman–Crippen MR) is 126 cm³/mol. The number of benzene rings is 2. The molecular weight excluding hydrogens is 462 g/mol. The summed E-state index contributed by atoms with van der Waals surface area (Å²) >= 11 is 7.15. The lowest BCUT2D eigenvalue weighted by atomic mass is 10.0. The topological polar surface area (TPSA) is 101 Å². The molecule has 3 amide bonds. The first-order valence-electron chi connectivity index (χ1n) is 10.2. The lowest BCUT2D eigenvalue weighted by molar-refractivity contribution is -0.126. The van der Waals surface area contributed by atoms with E-state index >= 15 is 0 Å². The van der Waals surface area contributed by atoms with Crippen LogP contribution in [0.1, 0.15) is 6.92 Å². The average molecular weight is 480 g/mol. The number of rotatable bonds is 5. The highest BCUT2D eigenvalue weighted by molar-refractivity contribution is 8.00. The fourth-order valence-electron chi connectivity index (χ4n) is 3.59. The van der Waals surface area contributed by atoms with E-state index in [4.69, 9.17) is 21.0 Å². The zero-order chi connectivity index (χ0) is 22.9. The van der Waals surface area contributed by atoms with Gasteiger partial charge in [-0.3, -0.25) is 9.69 Å². The lowest BCUT2D eigenvalue weighted by Crippen LogP contribution is -2.38. The SMILES string of the molecule is C[C@@H](Sc1nnc(-c2cc(-c3ccc(Cl)cc3)nc3ccccc23)o1)C(=O)N1CCNC1=O. The third-order valence-corrected chi connectivity index (χ3v) is 6.41. The Morgan fingerprint density at radius 1 is 1.18 bits per heavy atom. The molecule has 1 N–H and O–H groups in total. The van der Waals surface area contributed by atoms with Crippen LogP contribution < -0.4 is 5.32 Å². The first kappa shape index (κ1) is 21.4. The molecule has 166 valence electrons. The number of halogens is 1. The normalized spacial score (nSPS) is 14.5. The Labute approximate surface area is 198 Å². The van der Waals surface area contributed by atoms with Crippen molar-refractivity contribution in [1.82, 2.24) is 25.4 Å². The van der Waals surface area contributed by atoms with Gasteiger partial charge in [-0.1, -0.05) is 53.7 Å². The maximum atomic E-state index is 12.6. The van der Waals surface area contributed by atoms with Gasteiger partial charge in [-0.15, -0.1) is 10.2 Å². The van der Waals surface area contributed by atoms with Crippen LogP contribution in [-0.2, 0) is 4.79 Å². The summed E-state index contributed by atoms with van der Waals surface area (Å²) in [5.74, 6) is 0.0269. The molecular formula is C23H18ClN5O3S. The summed E-state index contributed by atoms with van der Waals surface area (Å²) in [5, 5.41) is 12.2. The van der Waals surface area contributed by atoms with E-state index in [1.54, 1.807) is 6.92 Å². The molecule has 1 aliphatic heterocycles. The number of hydrogen-bond donors (Lipinski definition) is 1. The second-order valence-corrected chi connectivity index (χ2v) is 9.16. The van der Waals surface area contributed by atoms with Gasteiger partial charge in [0, 0.05) is 29.1 Å². The Morgan fingerprint density at radius 3 is 2.73 bits per heavy atom. The van der Waals surface area contributed by atoms with E-state index in [9.17, 15) is 9.59 Å². The summed E-state index contributed by atoms with van der Waals surface area (Å²) < 4.78 is 5.92. The molecule has 2 aromatic heterocycles. The molecule has 1 atom stereocenters. The number of carbonyl (C=O) groups is 2. The average Bonchev–Trinajstić information content (AvgIpc) is 3.47. The summed E-state index contributed by atoms with van der Waals surface area (Å²) in [6.45, 7) is 2.52. The van der Waals surface area contributed by atoms with Gasteiger partial charge in [0.2, 0.25) is 11.8 Å². The highest BCUT2D eigenvalue weighted by atomic mass is 35.5. The molecule has 3 heterocycles. The second-order valence-electron chi connectivity index (χ2n) is 7.43. The van der Waals surface area contributed by atoms with Gasteiger partial charge in [-0.2, -0.15) is 0 Å². The van der Waals surface area contributed by atoms with Crippen LogP contribution >= 0.6 is 23.4 Å². The number of pyridine rings is 1. The van der Waals surface area contributed by atoms with Crippen LogP contribution in [0.25, 0.3) is 33.6 Å². The van der Waals surface area contributed by atoms with Crippen LogP contribution in [0.3, 0.4) is 0 Å². The molecule has 0 aliphatic carbocycles. The molecule has 10 heteroatoms. The monoisotopic (exact) mass is 479 g/mol. The Bertz CT molecular complexity index is 1360. The number of amides is 3. The Balaban J connectivity index is 1.46. The number of aromatic nitrogens is 3. The largest absolute Gasteiger partial charge is 0.411 e. The number of nitrogens with one attached hydrogen (secondary N) is 1. The molecule has 2 aromatic carbocycles. The van der Waals surface area contributed by atoms with E-state index in [2.05, 4.69) is 15.5 Å². The highest BCUT2D eigenvalue weighted by Crippen LogP contribution is 2.34. The minimum absolute atomic E-state index is 0.249. The molecule has 1 aliphatic rings. The van der Waals surface area contributed by atoms with Crippen molar-refractivity contribution >= 4 is 46.2 Å². The number of hydrogen-bond acceptors (Lipinski definition) is 7. The van der Waals surface area contributed by atoms with E-state index in [1.165, 1.54) is 4.90 Å². The van der Waals surface area contributed by atoms with Crippen molar-refractivity contribution < 1.29 is 14.0 Å². The van der Waals surface area contributed by atoms with Crippen LogP contribution in [0.15, 0.2) is 64.2 Å². The molecule has 0 spiro atoms. The summed E-state index contributed by atoms with van der Waals surface area (Å²) in [7, 11) is 0. The van der Waals surface area contributed by atoms with Crippen molar-refractivity contribution in [2.24, 2.45) is 0 Å². The van der Waals surface area contributed by atoms with Crippen molar-refractivity contribution in [2.75, 3.05) is 13.1 Å². The van der Waals surface area contributed by atoms with Crippen molar-refractivity contribution in [3.05, 3.63) is 59.6 Å². The molecule has 5 rings (SSSR count). The van der Waals surface area contributed by atoms with E-state index in [1.807, 2.05) is 54.6 Å². The zero-order valence-electron chi connectivity index (χ0n) is 17.5. The number of carbonyl (C=O) groups excluding carboxylic acids is 2. The molecule has 4 aromatic rings. The van der Waals surface area contributed by atoms with Gasteiger partial charge in [0.1, 0.15) is 0 Å². The number of para-hydroxylation sites is 1. The van der Waals surface area contributed by atoms with Crippen LogP contribution in [0.2, 0.25) is 5.02 Å².